The van der Waals surface area contributed by atoms with Crippen LogP contribution in [0.3, 0.4) is 0 Å². The van der Waals surface area contributed by atoms with Gasteiger partial charge in [0.05, 0.1) is 10.5 Å². The highest BCUT2D eigenvalue weighted by molar-refractivity contribution is 7.16. The molecule has 4 heteroatoms. The third-order valence-electron chi connectivity index (χ3n) is 2.52. The number of benzene rings is 1. The van der Waals surface area contributed by atoms with E-state index in [0.717, 1.165) is 15.4 Å². The van der Waals surface area contributed by atoms with Crippen LogP contribution in [0.1, 0.15) is 18.7 Å². The fourth-order valence-electron chi connectivity index (χ4n) is 1.75. The van der Waals surface area contributed by atoms with E-state index in [-0.39, 0.29) is 5.78 Å². The highest BCUT2D eigenvalue weighted by Gasteiger charge is 2.14. The summed E-state index contributed by atoms with van der Waals surface area (Å²) in [5.74, 6) is -0.0294. The molecule has 0 radical (unpaired) electrons. The SMILES string of the molecule is CC(=O)C(=C(C)N)c1cnc(-c2ccccc2)s1. The summed E-state index contributed by atoms with van der Waals surface area (Å²) in [6.45, 7) is 3.26. The van der Waals surface area contributed by atoms with Crippen molar-refractivity contribution in [2.45, 2.75) is 13.8 Å². The van der Waals surface area contributed by atoms with E-state index in [9.17, 15) is 4.79 Å². The second-order valence-corrected chi connectivity index (χ2v) is 5.04. The molecule has 1 aromatic carbocycles. The molecule has 0 unspecified atom stereocenters. The largest absolute Gasteiger partial charge is 0.402 e. The molecule has 18 heavy (non-hydrogen) atoms. The molecule has 1 aromatic heterocycles. The quantitative estimate of drug-likeness (QED) is 0.861. The zero-order valence-electron chi connectivity index (χ0n) is 10.3. The summed E-state index contributed by atoms with van der Waals surface area (Å²) in [6, 6.07) is 9.88. The minimum atomic E-state index is -0.0294. The minimum Gasteiger partial charge on any atom is -0.402 e. The van der Waals surface area contributed by atoms with Crippen molar-refractivity contribution in [3.8, 4) is 10.6 Å². The molecular weight excluding hydrogens is 244 g/mol. The third-order valence-corrected chi connectivity index (χ3v) is 3.58. The average Bonchev–Trinajstić information content (AvgIpc) is 2.78. The molecule has 0 fully saturated rings. The first-order chi connectivity index (χ1) is 8.59. The highest BCUT2D eigenvalue weighted by atomic mass is 32.1. The summed E-state index contributed by atoms with van der Waals surface area (Å²) in [6.07, 6.45) is 1.71. The van der Waals surface area contributed by atoms with Crippen molar-refractivity contribution < 1.29 is 4.79 Å². The molecule has 0 atom stereocenters. The van der Waals surface area contributed by atoms with Crippen LogP contribution in [0.15, 0.2) is 42.2 Å². The lowest BCUT2D eigenvalue weighted by molar-refractivity contribution is -0.111. The summed E-state index contributed by atoms with van der Waals surface area (Å²) in [4.78, 5) is 16.7. The van der Waals surface area contributed by atoms with Crippen LogP contribution in [0.4, 0.5) is 0 Å². The summed E-state index contributed by atoms with van der Waals surface area (Å²) < 4.78 is 0. The first-order valence-electron chi connectivity index (χ1n) is 5.58. The number of Topliss-reactive ketones (excluding diaryl/α,β-unsaturated/α-hetero) is 1. The molecule has 0 spiro atoms. The number of thiazole rings is 1. The second kappa shape index (κ2) is 5.14. The molecule has 2 aromatic rings. The second-order valence-electron chi connectivity index (χ2n) is 4.01. The number of carbonyl (C=O) groups is 1. The van der Waals surface area contributed by atoms with E-state index in [4.69, 9.17) is 5.73 Å². The fraction of sp³-hybridized carbons (Fsp3) is 0.143. The molecule has 0 amide bonds. The van der Waals surface area contributed by atoms with Crippen molar-refractivity contribution in [3.05, 3.63) is 47.1 Å². The van der Waals surface area contributed by atoms with Crippen molar-refractivity contribution >= 4 is 22.7 Å². The molecule has 0 saturated carbocycles. The Kier molecular flexibility index (Phi) is 3.58. The zero-order chi connectivity index (χ0) is 13.1. The number of hydrogen-bond acceptors (Lipinski definition) is 4. The van der Waals surface area contributed by atoms with Crippen LogP contribution >= 0.6 is 11.3 Å². The molecule has 3 nitrogen and oxygen atoms in total. The Morgan fingerprint density at radius 1 is 1.22 bits per heavy atom. The lowest BCUT2D eigenvalue weighted by Crippen LogP contribution is -2.03. The number of ketones is 1. The lowest BCUT2D eigenvalue weighted by atomic mass is 10.1. The van der Waals surface area contributed by atoms with E-state index in [1.165, 1.54) is 18.3 Å². The third kappa shape index (κ3) is 2.49. The normalized spacial score (nSPS) is 12.1. The van der Waals surface area contributed by atoms with Gasteiger partial charge in [-0.25, -0.2) is 4.98 Å². The molecule has 1 heterocycles. The number of carbonyl (C=O) groups excluding carboxylic acids is 1. The number of hydrogen-bond donors (Lipinski definition) is 1. The number of allylic oxidation sites excluding steroid dienone is 2. The summed E-state index contributed by atoms with van der Waals surface area (Å²) >= 11 is 1.48. The smallest absolute Gasteiger partial charge is 0.163 e. The van der Waals surface area contributed by atoms with Crippen molar-refractivity contribution in [2.24, 2.45) is 5.73 Å². The van der Waals surface area contributed by atoms with Gasteiger partial charge in [-0.1, -0.05) is 30.3 Å². The van der Waals surface area contributed by atoms with Gasteiger partial charge in [0, 0.05) is 17.5 Å². The van der Waals surface area contributed by atoms with E-state index in [2.05, 4.69) is 4.98 Å². The van der Waals surface area contributed by atoms with E-state index < -0.39 is 0 Å². The van der Waals surface area contributed by atoms with Crippen molar-refractivity contribution in [1.29, 1.82) is 0 Å². The van der Waals surface area contributed by atoms with Gasteiger partial charge in [0.2, 0.25) is 0 Å². The van der Waals surface area contributed by atoms with Gasteiger partial charge in [0.15, 0.2) is 5.78 Å². The van der Waals surface area contributed by atoms with Crippen molar-refractivity contribution in [3.63, 3.8) is 0 Å². The predicted molar refractivity (Wildman–Crippen MR) is 75.0 cm³/mol. The van der Waals surface area contributed by atoms with Crippen molar-refractivity contribution in [1.82, 2.24) is 4.98 Å². The number of rotatable bonds is 3. The number of nitrogens with two attached hydrogens (primary N) is 1. The van der Waals surface area contributed by atoms with Crippen LogP contribution in [0.5, 0.6) is 0 Å². The zero-order valence-corrected chi connectivity index (χ0v) is 11.1. The van der Waals surface area contributed by atoms with Gasteiger partial charge in [0.1, 0.15) is 5.01 Å². The highest BCUT2D eigenvalue weighted by Crippen LogP contribution is 2.30. The van der Waals surface area contributed by atoms with Crippen LogP contribution in [-0.4, -0.2) is 10.8 Å². The van der Waals surface area contributed by atoms with Crippen LogP contribution in [-0.2, 0) is 4.79 Å². The minimum absolute atomic E-state index is 0.0294. The molecule has 2 N–H and O–H groups in total. The van der Waals surface area contributed by atoms with Crippen LogP contribution < -0.4 is 5.73 Å². The van der Waals surface area contributed by atoms with Crippen LogP contribution in [0.25, 0.3) is 16.1 Å². The molecule has 2 rings (SSSR count). The Hall–Kier alpha value is -1.94. The summed E-state index contributed by atoms with van der Waals surface area (Å²) in [5.41, 5.74) is 7.90. The Labute approximate surface area is 110 Å². The Morgan fingerprint density at radius 2 is 1.89 bits per heavy atom. The van der Waals surface area contributed by atoms with Gasteiger partial charge in [-0.2, -0.15) is 0 Å². The van der Waals surface area contributed by atoms with E-state index in [0.29, 0.717) is 11.3 Å². The van der Waals surface area contributed by atoms with Gasteiger partial charge in [-0.05, 0) is 13.8 Å². The Morgan fingerprint density at radius 3 is 2.44 bits per heavy atom. The summed E-state index contributed by atoms with van der Waals surface area (Å²) in [5, 5.41) is 0.894. The lowest BCUT2D eigenvalue weighted by Gasteiger charge is -2.01. The molecule has 92 valence electrons. The van der Waals surface area contributed by atoms with Gasteiger partial charge in [0.25, 0.3) is 0 Å². The maximum atomic E-state index is 11.6. The predicted octanol–water partition coefficient (Wildman–Crippen LogP) is 3.09. The van der Waals surface area contributed by atoms with Gasteiger partial charge < -0.3 is 5.73 Å². The molecule has 0 bridgehead atoms. The van der Waals surface area contributed by atoms with Gasteiger partial charge in [-0.15, -0.1) is 11.3 Å². The fourth-order valence-corrected chi connectivity index (χ4v) is 2.83. The topological polar surface area (TPSA) is 56.0 Å². The molecule has 0 aliphatic heterocycles. The number of nitrogens with zero attached hydrogens (tertiary/aromatic N) is 1. The maximum Gasteiger partial charge on any atom is 0.163 e. The van der Waals surface area contributed by atoms with Gasteiger partial charge >= 0.3 is 0 Å². The van der Waals surface area contributed by atoms with Crippen LogP contribution in [0.2, 0.25) is 0 Å². The van der Waals surface area contributed by atoms with Gasteiger partial charge in [-0.3, -0.25) is 4.79 Å². The van der Waals surface area contributed by atoms with E-state index >= 15 is 0 Å². The molecule has 0 saturated heterocycles. The maximum absolute atomic E-state index is 11.6. The summed E-state index contributed by atoms with van der Waals surface area (Å²) in [7, 11) is 0. The van der Waals surface area contributed by atoms with Crippen LogP contribution in [0, 0.1) is 0 Å². The molecule has 0 aliphatic carbocycles. The number of aromatic nitrogens is 1. The Balaban J connectivity index is 2.43. The average molecular weight is 258 g/mol. The monoisotopic (exact) mass is 258 g/mol. The standard InChI is InChI=1S/C14H14N2OS/c1-9(15)13(10(2)17)12-8-16-14(18-12)11-6-4-3-5-7-11/h3-8H,15H2,1-2H3. The Bertz CT molecular complexity index is 595. The molecule has 0 aliphatic rings. The first-order valence-corrected chi connectivity index (χ1v) is 6.40. The van der Waals surface area contributed by atoms with Crippen molar-refractivity contribution in [2.75, 3.05) is 0 Å². The first kappa shape index (κ1) is 12.5. The van der Waals surface area contributed by atoms with E-state index in [1.807, 2.05) is 30.3 Å². The van der Waals surface area contributed by atoms with E-state index in [1.54, 1.807) is 13.1 Å². The molecular formula is C14H14N2OS.